The highest BCUT2D eigenvalue weighted by Gasteiger charge is 2.24. The molecule has 4 nitrogen and oxygen atoms in total. The van der Waals surface area contributed by atoms with Gasteiger partial charge in [0.25, 0.3) is 0 Å². The molecule has 0 N–H and O–H groups in total. The molecule has 1 unspecified atom stereocenters. The molecule has 6 heteroatoms. The first-order chi connectivity index (χ1) is 8.63. The standard InChI is InChI=1S/C12H17ClN2O2S/c1-8-6-4-3-5-7-15(8)12-14-10(13)9(18-12)11(16)17-2/h8H,3-7H2,1-2H3. The van der Waals surface area contributed by atoms with Crippen molar-refractivity contribution in [3.63, 3.8) is 0 Å². The maximum absolute atomic E-state index is 11.5. The lowest BCUT2D eigenvalue weighted by molar-refractivity contribution is 0.0606. The highest BCUT2D eigenvalue weighted by Crippen LogP contribution is 2.33. The van der Waals surface area contributed by atoms with Crippen LogP contribution in [0, 0.1) is 0 Å². The van der Waals surface area contributed by atoms with E-state index in [4.69, 9.17) is 16.3 Å². The Morgan fingerprint density at radius 3 is 3.00 bits per heavy atom. The van der Waals surface area contributed by atoms with Crippen molar-refractivity contribution in [1.82, 2.24) is 4.98 Å². The topological polar surface area (TPSA) is 42.4 Å². The molecule has 1 fully saturated rings. The summed E-state index contributed by atoms with van der Waals surface area (Å²) in [6.07, 6.45) is 4.82. The number of hydrogen-bond acceptors (Lipinski definition) is 5. The molecule has 1 aliphatic heterocycles. The molecule has 2 rings (SSSR count). The molecule has 1 aliphatic rings. The first-order valence-electron chi connectivity index (χ1n) is 6.14. The van der Waals surface area contributed by atoms with Crippen molar-refractivity contribution >= 4 is 34.0 Å². The summed E-state index contributed by atoms with van der Waals surface area (Å²) in [6.45, 7) is 3.17. The zero-order chi connectivity index (χ0) is 13.1. The van der Waals surface area contributed by atoms with Crippen LogP contribution in [0.15, 0.2) is 0 Å². The van der Waals surface area contributed by atoms with Crippen LogP contribution < -0.4 is 4.90 Å². The smallest absolute Gasteiger partial charge is 0.351 e. The Balaban J connectivity index is 2.24. The molecule has 1 aromatic rings. The van der Waals surface area contributed by atoms with Crippen LogP contribution in [-0.4, -0.2) is 30.6 Å². The molecule has 2 heterocycles. The third kappa shape index (κ3) is 2.78. The van der Waals surface area contributed by atoms with Gasteiger partial charge in [-0.15, -0.1) is 0 Å². The van der Waals surface area contributed by atoms with Gasteiger partial charge in [0.1, 0.15) is 0 Å². The number of methoxy groups -OCH3 is 1. The van der Waals surface area contributed by atoms with Crippen molar-refractivity contribution in [3.8, 4) is 0 Å². The Morgan fingerprint density at radius 1 is 1.50 bits per heavy atom. The number of rotatable bonds is 2. The summed E-state index contributed by atoms with van der Waals surface area (Å²) in [5.41, 5.74) is 0. The van der Waals surface area contributed by atoms with E-state index in [-0.39, 0.29) is 5.15 Å². The lowest BCUT2D eigenvalue weighted by Crippen LogP contribution is -2.32. The van der Waals surface area contributed by atoms with Crippen molar-refractivity contribution in [1.29, 1.82) is 0 Å². The summed E-state index contributed by atoms with van der Waals surface area (Å²) in [5, 5.41) is 1.08. The second-order valence-corrected chi connectivity index (χ2v) is 5.84. The first-order valence-corrected chi connectivity index (χ1v) is 7.34. The molecule has 1 saturated heterocycles. The molecule has 18 heavy (non-hydrogen) atoms. The second kappa shape index (κ2) is 5.89. The van der Waals surface area contributed by atoms with E-state index in [1.54, 1.807) is 0 Å². The van der Waals surface area contributed by atoms with Crippen molar-refractivity contribution < 1.29 is 9.53 Å². The van der Waals surface area contributed by atoms with Crippen molar-refractivity contribution in [2.75, 3.05) is 18.6 Å². The van der Waals surface area contributed by atoms with Gasteiger partial charge in [-0.05, 0) is 19.8 Å². The molecule has 100 valence electrons. The van der Waals surface area contributed by atoms with E-state index < -0.39 is 5.97 Å². The molecule has 0 aliphatic carbocycles. The van der Waals surface area contributed by atoms with Crippen molar-refractivity contribution in [2.24, 2.45) is 0 Å². The monoisotopic (exact) mass is 288 g/mol. The van der Waals surface area contributed by atoms with Gasteiger partial charge in [-0.1, -0.05) is 35.8 Å². The number of thiazole rings is 1. The minimum absolute atomic E-state index is 0.248. The van der Waals surface area contributed by atoms with Crippen LogP contribution in [0.1, 0.15) is 42.3 Å². The largest absolute Gasteiger partial charge is 0.465 e. The summed E-state index contributed by atoms with van der Waals surface area (Å²) in [5.74, 6) is -0.411. The van der Waals surface area contributed by atoms with Gasteiger partial charge in [0.2, 0.25) is 0 Å². The predicted octanol–water partition coefficient (Wildman–Crippen LogP) is 3.35. The fraction of sp³-hybridized carbons (Fsp3) is 0.667. The molecule has 0 spiro atoms. The molecular weight excluding hydrogens is 272 g/mol. The number of hydrogen-bond donors (Lipinski definition) is 0. The Morgan fingerprint density at radius 2 is 2.28 bits per heavy atom. The lowest BCUT2D eigenvalue weighted by atomic mass is 10.1. The number of carbonyl (C=O) groups is 1. The van der Waals surface area contributed by atoms with Gasteiger partial charge < -0.3 is 9.64 Å². The normalized spacial score (nSPS) is 20.6. The highest BCUT2D eigenvalue weighted by molar-refractivity contribution is 7.18. The summed E-state index contributed by atoms with van der Waals surface area (Å²) in [6, 6.07) is 0.445. The lowest BCUT2D eigenvalue weighted by Gasteiger charge is -2.26. The number of esters is 1. The Bertz CT molecular complexity index is 436. The molecule has 0 amide bonds. The SMILES string of the molecule is COC(=O)c1sc(N2CCCCCC2C)nc1Cl. The number of ether oxygens (including phenoxy) is 1. The van der Waals surface area contributed by atoms with Crippen LogP contribution in [0.2, 0.25) is 5.15 Å². The Kier molecular flexibility index (Phi) is 4.45. The van der Waals surface area contributed by atoms with Gasteiger partial charge in [-0.2, -0.15) is 0 Å². The van der Waals surface area contributed by atoms with Crippen LogP contribution in [0.25, 0.3) is 0 Å². The van der Waals surface area contributed by atoms with Gasteiger partial charge in [0, 0.05) is 12.6 Å². The molecule has 1 atom stereocenters. The average Bonchev–Trinajstić information content (AvgIpc) is 2.60. The van der Waals surface area contributed by atoms with E-state index in [9.17, 15) is 4.79 Å². The van der Waals surface area contributed by atoms with Crippen LogP contribution in [0.4, 0.5) is 5.13 Å². The van der Waals surface area contributed by atoms with E-state index in [1.807, 2.05) is 0 Å². The van der Waals surface area contributed by atoms with E-state index in [0.29, 0.717) is 10.9 Å². The number of halogens is 1. The van der Waals surface area contributed by atoms with Gasteiger partial charge in [0.15, 0.2) is 15.2 Å². The Hall–Kier alpha value is -0.810. The summed E-state index contributed by atoms with van der Waals surface area (Å²) in [7, 11) is 1.35. The fourth-order valence-corrected chi connectivity index (χ4v) is 3.52. The zero-order valence-electron chi connectivity index (χ0n) is 10.6. The van der Waals surface area contributed by atoms with Gasteiger partial charge in [-0.25, -0.2) is 9.78 Å². The number of carbonyl (C=O) groups excluding carboxylic acids is 1. The van der Waals surface area contributed by atoms with E-state index in [0.717, 1.165) is 24.5 Å². The maximum atomic E-state index is 11.5. The maximum Gasteiger partial charge on any atom is 0.351 e. The van der Waals surface area contributed by atoms with Crippen LogP contribution in [0.3, 0.4) is 0 Å². The third-order valence-electron chi connectivity index (χ3n) is 3.24. The molecule has 0 aromatic carbocycles. The molecule has 0 bridgehead atoms. The highest BCUT2D eigenvalue weighted by atomic mass is 35.5. The van der Waals surface area contributed by atoms with E-state index in [2.05, 4.69) is 16.8 Å². The Labute approximate surface area is 116 Å². The zero-order valence-corrected chi connectivity index (χ0v) is 12.2. The van der Waals surface area contributed by atoms with Gasteiger partial charge in [0.05, 0.1) is 7.11 Å². The summed E-state index contributed by atoms with van der Waals surface area (Å²) in [4.78, 5) is 18.5. The van der Waals surface area contributed by atoms with E-state index >= 15 is 0 Å². The van der Waals surface area contributed by atoms with Crippen LogP contribution >= 0.6 is 22.9 Å². The molecular formula is C12H17ClN2O2S. The molecule has 1 aromatic heterocycles. The first kappa shape index (κ1) is 13.6. The van der Waals surface area contributed by atoms with E-state index in [1.165, 1.54) is 31.3 Å². The number of anilines is 1. The number of aromatic nitrogens is 1. The van der Waals surface area contributed by atoms with Crippen molar-refractivity contribution in [3.05, 3.63) is 10.0 Å². The molecule has 0 radical (unpaired) electrons. The van der Waals surface area contributed by atoms with Gasteiger partial charge in [-0.3, -0.25) is 0 Å². The van der Waals surface area contributed by atoms with Crippen LogP contribution in [-0.2, 0) is 4.74 Å². The number of nitrogens with zero attached hydrogens (tertiary/aromatic N) is 2. The van der Waals surface area contributed by atoms with Crippen molar-refractivity contribution in [2.45, 2.75) is 38.6 Å². The minimum atomic E-state index is -0.411. The van der Waals surface area contributed by atoms with Crippen LogP contribution in [0.5, 0.6) is 0 Å². The molecule has 0 saturated carbocycles. The average molecular weight is 289 g/mol. The fourth-order valence-electron chi connectivity index (χ4n) is 2.19. The van der Waals surface area contributed by atoms with Gasteiger partial charge >= 0.3 is 5.97 Å². The summed E-state index contributed by atoms with van der Waals surface area (Å²) >= 11 is 7.32. The third-order valence-corrected chi connectivity index (χ3v) is 4.70. The quantitative estimate of drug-likeness (QED) is 0.783. The summed E-state index contributed by atoms with van der Waals surface area (Å²) < 4.78 is 4.70. The minimum Gasteiger partial charge on any atom is -0.465 e. The predicted molar refractivity (Wildman–Crippen MR) is 73.7 cm³/mol. The second-order valence-electron chi connectivity index (χ2n) is 4.50.